The Morgan fingerprint density at radius 1 is 1.16 bits per heavy atom. The van der Waals surface area contributed by atoms with Gasteiger partial charge in [-0.3, -0.25) is 9.10 Å². The second-order valence-corrected chi connectivity index (χ2v) is 12.5. The second kappa shape index (κ2) is 13.4. The molecular weight excluding hydrogens is 625 g/mol. The summed E-state index contributed by atoms with van der Waals surface area (Å²) in [6.45, 7) is 1.19. The molecule has 1 amide bonds. The van der Waals surface area contributed by atoms with E-state index in [2.05, 4.69) is 30.8 Å². The Morgan fingerprint density at radius 2 is 1.84 bits per heavy atom. The molecule has 3 aromatic rings. The highest BCUT2D eigenvalue weighted by molar-refractivity contribution is 7.92. The maximum atomic E-state index is 15.1. The van der Waals surface area contributed by atoms with Crippen LogP contribution in [0.1, 0.15) is 34.3 Å². The first-order chi connectivity index (χ1) is 21.1. The molecule has 0 saturated carbocycles. The van der Waals surface area contributed by atoms with Crippen molar-refractivity contribution in [2.75, 3.05) is 55.5 Å². The van der Waals surface area contributed by atoms with Gasteiger partial charge < -0.3 is 25.6 Å². The summed E-state index contributed by atoms with van der Waals surface area (Å²) in [5.74, 6) is -3.35. The summed E-state index contributed by atoms with van der Waals surface area (Å²) >= 11 is 0. The van der Waals surface area contributed by atoms with Crippen LogP contribution in [0.15, 0.2) is 36.5 Å². The molecule has 1 fully saturated rings. The first-order valence-electron chi connectivity index (χ1n) is 13.6. The minimum atomic E-state index is -4.89. The molecule has 1 aliphatic heterocycles. The van der Waals surface area contributed by atoms with E-state index >= 15 is 4.39 Å². The highest BCUT2D eigenvalue weighted by Crippen LogP contribution is 2.36. The van der Waals surface area contributed by atoms with Crippen molar-refractivity contribution in [2.45, 2.75) is 31.6 Å². The fourth-order valence-electron chi connectivity index (χ4n) is 4.65. The van der Waals surface area contributed by atoms with Crippen LogP contribution in [-0.2, 0) is 22.7 Å². The summed E-state index contributed by atoms with van der Waals surface area (Å²) in [6, 6.07) is 5.19. The Morgan fingerprint density at radius 3 is 2.47 bits per heavy atom. The SMILES string of the molecule is COc1cc(C(=O)NC2CCN(C)CC2)c(F)cc1Nc1ncc(C(F)(F)F)c(NCc2ccc(F)cc2N(C)S(C)(=O)=O)n1. The summed E-state index contributed by atoms with van der Waals surface area (Å²) in [6.07, 6.45) is -2.07. The number of aromatic nitrogens is 2. The van der Waals surface area contributed by atoms with Gasteiger partial charge in [-0.2, -0.15) is 18.2 Å². The van der Waals surface area contributed by atoms with Crippen LogP contribution in [0.5, 0.6) is 5.75 Å². The van der Waals surface area contributed by atoms with Gasteiger partial charge in [0.15, 0.2) is 0 Å². The van der Waals surface area contributed by atoms with Crippen molar-refractivity contribution in [3.8, 4) is 5.75 Å². The predicted molar refractivity (Wildman–Crippen MR) is 158 cm³/mol. The van der Waals surface area contributed by atoms with Crippen molar-refractivity contribution in [2.24, 2.45) is 0 Å². The number of hydrogen-bond donors (Lipinski definition) is 3. The standard InChI is InChI=1S/C28H32F5N7O4S/c1-39-9-7-18(8-10-39)36-26(41)19-12-24(44-3)22(13-21(19)30)37-27-35-15-20(28(31,32)33)25(38-27)34-14-16-5-6-17(29)11-23(16)40(2)45(4,42)43/h5-6,11-13,15,18H,7-10,14H2,1-4H3,(H,36,41)(H2,34,35,37,38). The smallest absolute Gasteiger partial charge is 0.421 e. The summed E-state index contributed by atoms with van der Waals surface area (Å²) in [5.41, 5.74) is -1.52. The third-order valence-electron chi connectivity index (χ3n) is 7.26. The lowest BCUT2D eigenvalue weighted by Gasteiger charge is -2.29. The number of carbonyl (C=O) groups is 1. The molecule has 0 unspecified atom stereocenters. The second-order valence-electron chi connectivity index (χ2n) is 10.5. The van der Waals surface area contributed by atoms with Gasteiger partial charge in [-0.15, -0.1) is 0 Å². The molecule has 2 heterocycles. The van der Waals surface area contributed by atoms with Gasteiger partial charge >= 0.3 is 6.18 Å². The first-order valence-corrected chi connectivity index (χ1v) is 15.5. The van der Waals surface area contributed by atoms with Crippen LogP contribution in [-0.4, -0.2) is 75.8 Å². The van der Waals surface area contributed by atoms with Gasteiger partial charge in [-0.05, 0) is 56.7 Å². The fourth-order valence-corrected chi connectivity index (χ4v) is 5.18. The number of nitrogens with zero attached hydrogens (tertiary/aromatic N) is 4. The zero-order valence-corrected chi connectivity index (χ0v) is 25.6. The Labute approximate surface area is 256 Å². The number of amides is 1. The zero-order valence-electron chi connectivity index (χ0n) is 24.8. The molecule has 3 N–H and O–H groups in total. The first kappa shape index (κ1) is 33.6. The number of sulfonamides is 1. The molecule has 0 radical (unpaired) electrons. The molecule has 0 spiro atoms. The molecule has 0 bridgehead atoms. The molecular formula is C28H32F5N7O4S. The van der Waals surface area contributed by atoms with Gasteiger partial charge in [-0.25, -0.2) is 22.2 Å². The van der Waals surface area contributed by atoms with Crippen LogP contribution < -0.4 is 25.0 Å². The van der Waals surface area contributed by atoms with Crippen LogP contribution in [0.25, 0.3) is 0 Å². The van der Waals surface area contributed by atoms with E-state index in [0.717, 1.165) is 41.8 Å². The molecule has 1 aromatic heterocycles. The molecule has 45 heavy (non-hydrogen) atoms. The van der Waals surface area contributed by atoms with Crippen molar-refractivity contribution in [3.05, 3.63) is 64.9 Å². The van der Waals surface area contributed by atoms with Crippen LogP contribution in [0, 0.1) is 11.6 Å². The lowest BCUT2D eigenvalue weighted by molar-refractivity contribution is -0.137. The topological polar surface area (TPSA) is 129 Å². The van der Waals surface area contributed by atoms with E-state index in [1.165, 1.54) is 26.3 Å². The number of rotatable bonds is 10. The Hall–Kier alpha value is -4.25. The molecule has 1 aliphatic rings. The van der Waals surface area contributed by atoms with E-state index in [1.807, 2.05) is 7.05 Å². The van der Waals surface area contributed by atoms with Crippen molar-refractivity contribution in [1.29, 1.82) is 0 Å². The monoisotopic (exact) mass is 657 g/mol. The van der Waals surface area contributed by atoms with E-state index in [1.54, 1.807) is 0 Å². The molecule has 4 rings (SSSR count). The van der Waals surface area contributed by atoms with Crippen molar-refractivity contribution >= 4 is 39.1 Å². The van der Waals surface area contributed by atoms with Gasteiger partial charge in [0.25, 0.3) is 5.91 Å². The van der Waals surface area contributed by atoms with E-state index in [-0.39, 0.29) is 46.8 Å². The number of methoxy groups -OCH3 is 1. The number of nitrogens with one attached hydrogen (secondary N) is 3. The minimum absolute atomic E-state index is 0.00250. The van der Waals surface area contributed by atoms with Crippen LogP contribution in [0.2, 0.25) is 0 Å². The van der Waals surface area contributed by atoms with E-state index in [4.69, 9.17) is 4.74 Å². The average molecular weight is 658 g/mol. The number of anilines is 4. The summed E-state index contributed by atoms with van der Waals surface area (Å²) in [5, 5.41) is 7.96. The van der Waals surface area contributed by atoms with Crippen LogP contribution in [0.4, 0.5) is 45.1 Å². The predicted octanol–water partition coefficient (Wildman–Crippen LogP) is 4.36. The van der Waals surface area contributed by atoms with Gasteiger partial charge in [0.05, 0.1) is 30.3 Å². The number of halogens is 5. The van der Waals surface area contributed by atoms with Crippen molar-refractivity contribution < 1.29 is 39.9 Å². The van der Waals surface area contributed by atoms with Crippen molar-refractivity contribution in [1.82, 2.24) is 20.2 Å². The van der Waals surface area contributed by atoms with Crippen LogP contribution in [0.3, 0.4) is 0 Å². The number of likely N-dealkylation sites (tertiary alicyclic amines) is 1. The normalized spacial score (nSPS) is 14.6. The lowest BCUT2D eigenvalue weighted by Crippen LogP contribution is -2.43. The maximum Gasteiger partial charge on any atom is 0.421 e. The Kier molecular flexibility index (Phi) is 10.0. The highest BCUT2D eigenvalue weighted by Gasteiger charge is 2.35. The molecule has 2 aromatic carbocycles. The van der Waals surface area contributed by atoms with Crippen molar-refractivity contribution in [3.63, 3.8) is 0 Å². The summed E-state index contributed by atoms with van der Waals surface area (Å²) in [7, 11) is 0.590. The number of ether oxygens (including phenoxy) is 1. The van der Waals surface area contributed by atoms with Gasteiger partial charge in [-0.1, -0.05) is 6.07 Å². The average Bonchev–Trinajstić information content (AvgIpc) is 2.96. The Bertz CT molecular complexity index is 1670. The Balaban J connectivity index is 1.60. The fraction of sp³-hybridized carbons (Fsp3) is 0.393. The number of hydrogen-bond acceptors (Lipinski definition) is 9. The van der Waals surface area contributed by atoms with E-state index < -0.39 is 45.1 Å². The highest BCUT2D eigenvalue weighted by atomic mass is 32.2. The molecule has 17 heteroatoms. The maximum absolute atomic E-state index is 15.1. The quantitative estimate of drug-likeness (QED) is 0.273. The molecule has 244 valence electrons. The largest absolute Gasteiger partial charge is 0.495 e. The van der Waals surface area contributed by atoms with Gasteiger partial charge in [0.2, 0.25) is 16.0 Å². The number of piperidine rings is 1. The zero-order chi connectivity index (χ0) is 33.1. The summed E-state index contributed by atoms with van der Waals surface area (Å²) < 4.78 is 101. The number of benzene rings is 2. The van der Waals surface area contributed by atoms with Gasteiger partial charge in [0.1, 0.15) is 28.8 Å². The molecule has 0 aliphatic carbocycles. The van der Waals surface area contributed by atoms with Crippen LogP contribution >= 0.6 is 0 Å². The summed E-state index contributed by atoms with van der Waals surface area (Å²) in [4.78, 5) is 22.6. The van der Waals surface area contributed by atoms with E-state index in [9.17, 15) is 30.8 Å². The lowest BCUT2D eigenvalue weighted by atomic mass is 10.0. The van der Waals surface area contributed by atoms with Gasteiger partial charge in [0, 0.05) is 31.9 Å². The molecule has 0 atom stereocenters. The minimum Gasteiger partial charge on any atom is -0.495 e. The number of carbonyl (C=O) groups excluding carboxylic acids is 1. The number of alkyl halides is 3. The molecule has 11 nitrogen and oxygen atoms in total. The van der Waals surface area contributed by atoms with E-state index in [0.29, 0.717) is 19.0 Å². The third kappa shape index (κ3) is 8.27. The molecule has 1 saturated heterocycles. The third-order valence-corrected chi connectivity index (χ3v) is 8.45.